The molecule has 0 radical (unpaired) electrons. The molecule has 1 aromatic heterocycles. The van der Waals surface area contributed by atoms with E-state index in [4.69, 9.17) is 4.74 Å². The highest BCUT2D eigenvalue weighted by atomic mass is 32.2. The van der Waals surface area contributed by atoms with Crippen LogP contribution in [0.4, 0.5) is 0 Å². The number of methoxy groups -OCH3 is 1. The number of nitrogens with zero attached hydrogens (tertiary/aromatic N) is 3. The maximum atomic E-state index is 13.2. The average Bonchev–Trinajstić information content (AvgIpc) is 3.44. The van der Waals surface area contributed by atoms with Gasteiger partial charge in [0, 0.05) is 49.6 Å². The molecule has 1 fully saturated rings. The molecule has 0 aliphatic carbocycles. The van der Waals surface area contributed by atoms with Gasteiger partial charge in [-0.3, -0.25) is 14.5 Å². The number of aromatic amines is 1. The quantitative estimate of drug-likeness (QED) is 0.312. The molecule has 11 heteroatoms. The third kappa shape index (κ3) is 9.05. The van der Waals surface area contributed by atoms with E-state index in [9.17, 15) is 19.5 Å². The van der Waals surface area contributed by atoms with Crippen molar-refractivity contribution >= 4 is 29.5 Å². The minimum absolute atomic E-state index is 0.0216. The van der Waals surface area contributed by atoms with Gasteiger partial charge in [0.1, 0.15) is 11.8 Å². The van der Waals surface area contributed by atoms with E-state index in [2.05, 4.69) is 15.3 Å². The molecule has 1 aromatic carbocycles. The van der Waals surface area contributed by atoms with Crippen LogP contribution in [0.25, 0.3) is 0 Å². The molecule has 3 N–H and O–H groups in total. The summed E-state index contributed by atoms with van der Waals surface area (Å²) in [6, 6.07) is 6.68. The van der Waals surface area contributed by atoms with Crippen molar-refractivity contribution in [3.63, 3.8) is 0 Å². The van der Waals surface area contributed by atoms with Crippen LogP contribution in [-0.2, 0) is 27.3 Å². The molecule has 38 heavy (non-hydrogen) atoms. The highest BCUT2D eigenvalue weighted by Gasteiger charge is 2.30. The zero-order chi connectivity index (χ0) is 27.3. The number of aliphatic carboxylic acids is 1. The Labute approximate surface area is 228 Å². The first-order valence-electron chi connectivity index (χ1n) is 13.0. The highest BCUT2D eigenvalue weighted by Crippen LogP contribution is 2.23. The molecule has 1 saturated heterocycles. The predicted molar refractivity (Wildman–Crippen MR) is 147 cm³/mol. The number of ether oxygens (including phenoxy) is 1. The molecule has 2 heterocycles. The number of benzene rings is 1. The van der Waals surface area contributed by atoms with Gasteiger partial charge < -0.3 is 25.0 Å². The topological polar surface area (TPSA) is 128 Å². The minimum Gasteiger partial charge on any atom is -0.496 e. The number of thioether (sulfide) groups is 1. The Hall–Kier alpha value is -3.05. The van der Waals surface area contributed by atoms with Gasteiger partial charge in [-0.25, -0.2) is 9.78 Å². The standard InChI is InChI=1S/C27H39N5O5S/c1-37-24-9-4-3-7-20(24)16-31(18-25(33)30-23(27(35)36)12-14-38-2)17-22-8-5-6-13-32(22)26(34)11-10-21-15-28-19-29-21/h3-4,7,9,15,19,22-23H,5-6,8,10-14,16-18H2,1-2H3,(H,28,29)(H,30,33)(H,35,36)/t22-,23-/m0/s1. The van der Waals surface area contributed by atoms with Gasteiger partial charge in [0.25, 0.3) is 0 Å². The van der Waals surface area contributed by atoms with Crippen LogP contribution >= 0.6 is 11.8 Å². The van der Waals surface area contributed by atoms with E-state index in [1.54, 1.807) is 31.4 Å². The maximum absolute atomic E-state index is 13.2. The van der Waals surface area contributed by atoms with Crippen LogP contribution in [-0.4, -0.2) is 93.5 Å². The third-order valence-electron chi connectivity index (χ3n) is 6.78. The number of amides is 2. The zero-order valence-corrected chi connectivity index (χ0v) is 23.0. The molecule has 208 valence electrons. The Kier molecular flexibility index (Phi) is 11.9. The Morgan fingerprint density at radius 1 is 1.32 bits per heavy atom. The average molecular weight is 546 g/mol. The summed E-state index contributed by atoms with van der Waals surface area (Å²) >= 11 is 1.54. The zero-order valence-electron chi connectivity index (χ0n) is 22.2. The van der Waals surface area contributed by atoms with Crippen LogP contribution in [0.1, 0.15) is 43.4 Å². The SMILES string of the molecule is COc1ccccc1CN(CC(=O)N[C@@H](CCSC)C(=O)O)C[C@@H]1CCCCN1C(=O)CCc1cnc[nH]1. The second kappa shape index (κ2) is 15.4. The first-order valence-corrected chi connectivity index (χ1v) is 14.4. The number of aromatic nitrogens is 2. The number of hydrogen-bond acceptors (Lipinski definition) is 7. The lowest BCUT2D eigenvalue weighted by atomic mass is 10.00. The Morgan fingerprint density at radius 3 is 2.84 bits per heavy atom. The smallest absolute Gasteiger partial charge is 0.326 e. The Balaban J connectivity index is 1.72. The number of rotatable bonds is 15. The van der Waals surface area contributed by atoms with Gasteiger partial charge in [-0.2, -0.15) is 11.8 Å². The Morgan fingerprint density at radius 2 is 2.13 bits per heavy atom. The van der Waals surface area contributed by atoms with E-state index in [1.807, 2.05) is 40.3 Å². The van der Waals surface area contributed by atoms with Crippen LogP contribution < -0.4 is 10.1 Å². The van der Waals surface area contributed by atoms with Gasteiger partial charge in [0.05, 0.1) is 20.0 Å². The lowest BCUT2D eigenvalue weighted by Gasteiger charge is -2.39. The number of carboxylic acid groups (broad SMARTS) is 1. The van der Waals surface area contributed by atoms with E-state index in [0.717, 1.165) is 36.3 Å². The lowest BCUT2D eigenvalue weighted by Crippen LogP contribution is -2.52. The van der Waals surface area contributed by atoms with Crippen LogP contribution in [0, 0.1) is 0 Å². The van der Waals surface area contributed by atoms with E-state index >= 15 is 0 Å². The number of piperidine rings is 1. The summed E-state index contributed by atoms with van der Waals surface area (Å²) in [5, 5.41) is 12.2. The van der Waals surface area contributed by atoms with E-state index in [-0.39, 0.29) is 24.4 Å². The lowest BCUT2D eigenvalue weighted by molar-refractivity contribution is -0.142. The number of H-pyrrole nitrogens is 1. The van der Waals surface area contributed by atoms with E-state index < -0.39 is 12.0 Å². The molecule has 10 nitrogen and oxygen atoms in total. The summed E-state index contributed by atoms with van der Waals surface area (Å²) in [4.78, 5) is 48.9. The first kappa shape index (κ1) is 29.5. The summed E-state index contributed by atoms with van der Waals surface area (Å²) in [6.07, 6.45) is 9.42. The van der Waals surface area contributed by atoms with Gasteiger partial charge in [-0.15, -0.1) is 0 Å². The fourth-order valence-corrected chi connectivity index (χ4v) is 5.29. The second-order valence-electron chi connectivity index (χ2n) is 9.53. The predicted octanol–water partition coefficient (Wildman–Crippen LogP) is 2.56. The largest absolute Gasteiger partial charge is 0.496 e. The van der Waals surface area contributed by atoms with E-state index in [1.165, 1.54) is 0 Å². The van der Waals surface area contributed by atoms with Crippen LogP contribution in [0.2, 0.25) is 0 Å². The normalized spacial score (nSPS) is 16.3. The van der Waals surface area contributed by atoms with Crippen molar-refractivity contribution in [3.8, 4) is 5.75 Å². The molecule has 2 amide bonds. The van der Waals surface area contributed by atoms with Crippen molar-refractivity contribution in [2.24, 2.45) is 0 Å². The molecule has 0 spiro atoms. The van der Waals surface area contributed by atoms with Crippen molar-refractivity contribution in [3.05, 3.63) is 48.0 Å². The van der Waals surface area contributed by atoms with Crippen molar-refractivity contribution < 1.29 is 24.2 Å². The molecule has 2 aromatic rings. The van der Waals surface area contributed by atoms with Crippen molar-refractivity contribution in [1.82, 2.24) is 25.1 Å². The van der Waals surface area contributed by atoms with E-state index in [0.29, 0.717) is 44.6 Å². The fourth-order valence-electron chi connectivity index (χ4n) is 4.82. The molecule has 3 rings (SSSR count). The number of hydrogen-bond donors (Lipinski definition) is 3. The molecular formula is C27H39N5O5S. The summed E-state index contributed by atoms with van der Waals surface area (Å²) < 4.78 is 5.53. The number of nitrogens with one attached hydrogen (secondary N) is 2. The Bertz CT molecular complexity index is 1030. The maximum Gasteiger partial charge on any atom is 0.326 e. The van der Waals surface area contributed by atoms with Gasteiger partial charge in [-0.1, -0.05) is 18.2 Å². The molecular weight excluding hydrogens is 506 g/mol. The number of para-hydroxylation sites is 1. The fraction of sp³-hybridized carbons (Fsp3) is 0.556. The number of likely N-dealkylation sites (tertiary alicyclic amines) is 1. The van der Waals surface area contributed by atoms with Crippen molar-refractivity contribution in [1.29, 1.82) is 0 Å². The van der Waals surface area contributed by atoms with Crippen LogP contribution in [0.3, 0.4) is 0 Å². The number of imidazole rings is 1. The van der Waals surface area contributed by atoms with Crippen molar-refractivity contribution in [2.45, 2.75) is 57.2 Å². The molecule has 0 bridgehead atoms. The summed E-state index contributed by atoms with van der Waals surface area (Å²) in [5.41, 5.74) is 1.85. The van der Waals surface area contributed by atoms with Gasteiger partial charge in [-0.05, 0) is 50.2 Å². The first-order chi connectivity index (χ1) is 18.4. The number of carboxylic acids is 1. The third-order valence-corrected chi connectivity index (χ3v) is 7.42. The molecule has 0 unspecified atom stereocenters. The summed E-state index contributed by atoms with van der Waals surface area (Å²) in [5.74, 6) is 0.0672. The molecule has 1 aliphatic heterocycles. The summed E-state index contributed by atoms with van der Waals surface area (Å²) in [6.45, 7) is 1.65. The van der Waals surface area contributed by atoms with Crippen molar-refractivity contribution in [2.75, 3.05) is 38.8 Å². The van der Waals surface area contributed by atoms with Gasteiger partial charge in [0.15, 0.2) is 0 Å². The van der Waals surface area contributed by atoms with Crippen LogP contribution in [0.15, 0.2) is 36.8 Å². The van der Waals surface area contributed by atoms with Gasteiger partial charge >= 0.3 is 5.97 Å². The minimum atomic E-state index is -1.04. The highest BCUT2D eigenvalue weighted by molar-refractivity contribution is 7.98. The molecule has 0 saturated carbocycles. The second-order valence-corrected chi connectivity index (χ2v) is 10.5. The molecule has 2 atom stereocenters. The van der Waals surface area contributed by atoms with Crippen LogP contribution in [0.5, 0.6) is 5.75 Å². The monoisotopic (exact) mass is 545 g/mol. The van der Waals surface area contributed by atoms with Gasteiger partial charge in [0.2, 0.25) is 11.8 Å². The summed E-state index contributed by atoms with van der Waals surface area (Å²) in [7, 11) is 1.61. The number of aryl methyl sites for hydroxylation is 1. The number of carbonyl (C=O) groups excluding carboxylic acids is 2. The molecule has 1 aliphatic rings. The number of carbonyl (C=O) groups is 3.